The molecule has 3 rings (SSSR count). The summed E-state index contributed by atoms with van der Waals surface area (Å²) in [7, 11) is 1.63. The maximum Gasteiger partial charge on any atom is 0.253 e. The molecule has 0 radical (unpaired) electrons. The van der Waals surface area contributed by atoms with Crippen molar-refractivity contribution in [2.24, 2.45) is 0 Å². The van der Waals surface area contributed by atoms with Crippen LogP contribution in [0.1, 0.15) is 41.2 Å². The quantitative estimate of drug-likeness (QED) is 0.475. The van der Waals surface area contributed by atoms with Crippen molar-refractivity contribution in [3.63, 3.8) is 0 Å². The summed E-state index contributed by atoms with van der Waals surface area (Å²) in [4.78, 5) is 19.6. The largest absolute Gasteiger partial charge is 0.493 e. The van der Waals surface area contributed by atoms with Crippen molar-refractivity contribution in [1.29, 1.82) is 0 Å². The van der Waals surface area contributed by atoms with Gasteiger partial charge < -0.3 is 24.3 Å². The molecule has 1 N–H and O–H groups in total. The monoisotopic (exact) mass is 450 g/mol. The first-order valence-electron chi connectivity index (χ1n) is 11.4. The number of ether oxygens (including phenoxy) is 2. The lowest BCUT2D eigenvalue weighted by Gasteiger charge is -2.19. The first-order chi connectivity index (χ1) is 16.0. The summed E-state index contributed by atoms with van der Waals surface area (Å²) >= 11 is 0. The number of carbonyl (C=O) groups excluding carboxylic acids is 1. The van der Waals surface area contributed by atoms with Gasteiger partial charge in [0.25, 0.3) is 5.91 Å². The van der Waals surface area contributed by atoms with E-state index in [1.54, 1.807) is 13.3 Å². The van der Waals surface area contributed by atoms with Crippen LogP contribution in [0, 0.1) is 13.8 Å². The Bertz CT molecular complexity index is 1060. The second kappa shape index (κ2) is 11.5. The van der Waals surface area contributed by atoms with Gasteiger partial charge in [-0.05, 0) is 62.8 Å². The Balaban J connectivity index is 1.65. The van der Waals surface area contributed by atoms with Crippen LogP contribution in [0.2, 0.25) is 0 Å². The van der Waals surface area contributed by atoms with Gasteiger partial charge in [-0.25, -0.2) is 4.98 Å². The predicted molar refractivity (Wildman–Crippen MR) is 130 cm³/mol. The highest BCUT2D eigenvalue weighted by Gasteiger charge is 2.17. The number of aryl methyl sites for hydroxylation is 1. The van der Waals surface area contributed by atoms with Crippen molar-refractivity contribution >= 4 is 5.91 Å². The van der Waals surface area contributed by atoms with E-state index in [-0.39, 0.29) is 5.91 Å². The number of nitrogens with one attached hydrogen (secondary N) is 1. The fourth-order valence-corrected chi connectivity index (χ4v) is 3.87. The molecule has 0 bridgehead atoms. The van der Waals surface area contributed by atoms with Gasteiger partial charge in [-0.15, -0.1) is 0 Å². The van der Waals surface area contributed by atoms with Crippen LogP contribution in [0.5, 0.6) is 11.5 Å². The molecule has 0 saturated heterocycles. The summed E-state index contributed by atoms with van der Waals surface area (Å²) in [5.74, 6) is 2.05. The Morgan fingerprint density at radius 2 is 1.88 bits per heavy atom. The van der Waals surface area contributed by atoms with E-state index in [1.165, 1.54) is 0 Å². The summed E-state index contributed by atoms with van der Waals surface area (Å²) in [6, 6.07) is 13.4. The number of hydrogen-bond acceptors (Lipinski definition) is 5. The molecule has 0 aliphatic heterocycles. The van der Waals surface area contributed by atoms with Crippen molar-refractivity contribution in [1.82, 2.24) is 19.8 Å². The zero-order chi connectivity index (χ0) is 23.8. The summed E-state index contributed by atoms with van der Waals surface area (Å²) < 4.78 is 13.4. The third-order valence-electron chi connectivity index (χ3n) is 5.79. The first kappa shape index (κ1) is 24.3. The molecular formula is C26H34N4O3. The smallest absolute Gasteiger partial charge is 0.253 e. The second-order valence-electron chi connectivity index (χ2n) is 7.85. The number of carbonyl (C=O) groups is 1. The predicted octanol–water partition coefficient (Wildman–Crippen LogP) is 4.15. The van der Waals surface area contributed by atoms with Crippen molar-refractivity contribution in [3.8, 4) is 17.3 Å². The Hall–Kier alpha value is -3.32. The molecule has 7 nitrogen and oxygen atoms in total. The van der Waals surface area contributed by atoms with Crippen LogP contribution < -0.4 is 14.8 Å². The molecule has 1 aromatic carbocycles. The molecule has 0 atom stereocenters. The van der Waals surface area contributed by atoms with Crippen LogP contribution in [0.25, 0.3) is 5.82 Å². The minimum Gasteiger partial charge on any atom is -0.493 e. The number of nitrogens with zero attached hydrogens (tertiary/aromatic N) is 3. The molecule has 7 heteroatoms. The number of methoxy groups -OCH3 is 1. The standard InChI is InChI=1S/C26H34N4O3/c1-6-29(7-2)14-15-33-23-12-11-21(17-24(23)32-5)18-28-26(31)22-16-19(3)30(20(22)4)25-10-8-9-13-27-25/h8-13,16-17H,6-7,14-15,18H2,1-5H3,(H,28,31). The molecule has 3 aromatic rings. The molecule has 176 valence electrons. The minimum absolute atomic E-state index is 0.121. The van der Waals surface area contributed by atoms with Crippen LogP contribution in [-0.2, 0) is 6.54 Å². The van der Waals surface area contributed by atoms with Gasteiger partial charge in [0, 0.05) is 30.7 Å². The number of rotatable bonds is 11. The summed E-state index contributed by atoms with van der Waals surface area (Å²) in [5, 5.41) is 3.02. The fourth-order valence-electron chi connectivity index (χ4n) is 3.87. The molecule has 0 aliphatic rings. The van der Waals surface area contributed by atoms with E-state index in [0.717, 1.165) is 42.4 Å². The van der Waals surface area contributed by atoms with Crippen LogP contribution >= 0.6 is 0 Å². The van der Waals surface area contributed by atoms with E-state index >= 15 is 0 Å². The van der Waals surface area contributed by atoms with Gasteiger partial charge in [-0.2, -0.15) is 0 Å². The molecule has 0 spiro atoms. The molecule has 1 amide bonds. The first-order valence-corrected chi connectivity index (χ1v) is 11.4. The average molecular weight is 451 g/mol. The molecule has 33 heavy (non-hydrogen) atoms. The Morgan fingerprint density at radius 3 is 2.55 bits per heavy atom. The highest BCUT2D eigenvalue weighted by molar-refractivity contribution is 5.95. The van der Waals surface area contributed by atoms with Crippen molar-refractivity contribution in [2.45, 2.75) is 34.2 Å². The molecular weight excluding hydrogens is 416 g/mol. The lowest BCUT2D eigenvalue weighted by molar-refractivity contribution is 0.0950. The number of pyridine rings is 1. The molecule has 0 fully saturated rings. The number of aromatic nitrogens is 2. The molecule has 2 heterocycles. The van der Waals surface area contributed by atoms with Gasteiger partial charge in [0.15, 0.2) is 11.5 Å². The van der Waals surface area contributed by atoms with Gasteiger partial charge >= 0.3 is 0 Å². The van der Waals surface area contributed by atoms with Crippen molar-refractivity contribution in [2.75, 3.05) is 33.4 Å². The van der Waals surface area contributed by atoms with Crippen LogP contribution in [-0.4, -0.2) is 53.7 Å². The lowest BCUT2D eigenvalue weighted by atomic mass is 10.2. The minimum atomic E-state index is -0.121. The summed E-state index contributed by atoms with van der Waals surface area (Å²) in [6.45, 7) is 12.0. The average Bonchev–Trinajstić information content (AvgIpc) is 3.15. The SMILES string of the molecule is CCN(CC)CCOc1ccc(CNC(=O)c2cc(C)n(-c3ccccn3)c2C)cc1OC. The van der Waals surface area contributed by atoms with Crippen LogP contribution in [0.3, 0.4) is 0 Å². The normalized spacial score (nSPS) is 11.0. The maximum atomic E-state index is 12.9. The fraction of sp³-hybridized carbons (Fsp3) is 0.385. The zero-order valence-electron chi connectivity index (χ0n) is 20.2. The second-order valence-corrected chi connectivity index (χ2v) is 7.85. The van der Waals surface area contributed by atoms with E-state index in [2.05, 4.69) is 29.0 Å². The van der Waals surface area contributed by atoms with E-state index in [1.807, 2.05) is 60.9 Å². The maximum absolute atomic E-state index is 12.9. The van der Waals surface area contributed by atoms with Gasteiger partial charge in [-0.1, -0.05) is 26.0 Å². The lowest BCUT2D eigenvalue weighted by Crippen LogP contribution is -2.28. The highest BCUT2D eigenvalue weighted by Crippen LogP contribution is 2.28. The molecule has 0 aliphatic carbocycles. The van der Waals surface area contributed by atoms with Gasteiger partial charge in [-0.3, -0.25) is 4.79 Å². The molecule has 0 unspecified atom stereocenters. The highest BCUT2D eigenvalue weighted by atomic mass is 16.5. The Morgan fingerprint density at radius 1 is 1.09 bits per heavy atom. The third kappa shape index (κ3) is 5.93. The van der Waals surface area contributed by atoms with Crippen molar-refractivity contribution in [3.05, 3.63) is 71.2 Å². The Labute approximate surface area is 196 Å². The third-order valence-corrected chi connectivity index (χ3v) is 5.79. The summed E-state index contributed by atoms with van der Waals surface area (Å²) in [5.41, 5.74) is 3.40. The van der Waals surface area contributed by atoms with Crippen LogP contribution in [0.4, 0.5) is 0 Å². The number of benzene rings is 1. The van der Waals surface area contributed by atoms with E-state index in [4.69, 9.17) is 9.47 Å². The molecule has 0 saturated carbocycles. The van der Waals surface area contributed by atoms with E-state index < -0.39 is 0 Å². The molecule has 2 aromatic heterocycles. The van der Waals surface area contributed by atoms with E-state index in [0.29, 0.717) is 30.2 Å². The number of likely N-dealkylation sites (N-methyl/N-ethyl adjacent to an activating group) is 1. The van der Waals surface area contributed by atoms with Crippen molar-refractivity contribution < 1.29 is 14.3 Å². The zero-order valence-corrected chi connectivity index (χ0v) is 20.2. The summed E-state index contributed by atoms with van der Waals surface area (Å²) in [6.07, 6.45) is 1.75. The van der Waals surface area contributed by atoms with Gasteiger partial charge in [0.2, 0.25) is 0 Å². The number of hydrogen-bond donors (Lipinski definition) is 1. The van der Waals surface area contributed by atoms with Gasteiger partial charge in [0.1, 0.15) is 12.4 Å². The number of amides is 1. The Kier molecular flexibility index (Phi) is 8.49. The van der Waals surface area contributed by atoms with Gasteiger partial charge in [0.05, 0.1) is 12.7 Å². The van der Waals surface area contributed by atoms with Crippen LogP contribution in [0.15, 0.2) is 48.7 Å². The van der Waals surface area contributed by atoms with E-state index in [9.17, 15) is 4.79 Å². The topological polar surface area (TPSA) is 68.6 Å².